The van der Waals surface area contributed by atoms with E-state index in [1.54, 1.807) is 23.0 Å². The Kier molecular flexibility index (Phi) is 6.49. The van der Waals surface area contributed by atoms with Crippen LogP contribution in [-0.2, 0) is 21.7 Å². The number of aromatic nitrogens is 4. The van der Waals surface area contributed by atoms with Crippen molar-refractivity contribution in [1.29, 1.82) is 0 Å². The fraction of sp³-hybridized carbons (Fsp3) is 0.333. The lowest BCUT2D eigenvalue weighted by molar-refractivity contribution is -0.114. The second kappa shape index (κ2) is 8.95. The van der Waals surface area contributed by atoms with Gasteiger partial charge in [0.05, 0.1) is 17.5 Å². The van der Waals surface area contributed by atoms with E-state index in [0.717, 1.165) is 11.9 Å². The van der Waals surface area contributed by atoms with Gasteiger partial charge in [0, 0.05) is 55.9 Å². The molecule has 32 heavy (non-hydrogen) atoms. The Bertz CT molecular complexity index is 1250. The van der Waals surface area contributed by atoms with Crippen molar-refractivity contribution < 1.29 is 17.9 Å². The van der Waals surface area contributed by atoms with Crippen LogP contribution in [0.3, 0.4) is 0 Å². The van der Waals surface area contributed by atoms with E-state index >= 15 is 0 Å². The third-order valence-corrected chi connectivity index (χ3v) is 5.36. The van der Waals surface area contributed by atoms with Crippen molar-refractivity contribution in [1.82, 2.24) is 19.7 Å². The number of sulfone groups is 1. The van der Waals surface area contributed by atoms with E-state index in [9.17, 15) is 13.2 Å². The first-order valence-electron chi connectivity index (χ1n) is 9.87. The average molecular weight is 459 g/mol. The summed E-state index contributed by atoms with van der Waals surface area (Å²) in [5, 5.41) is 10.2. The topological polar surface area (TPSA) is 128 Å². The highest BCUT2D eigenvalue weighted by Gasteiger charge is 2.17. The number of hydrogen-bond donors (Lipinski definition) is 2. The molecule has 0 aromatic carbocycles. The number of nitrogens with one attached hydrogen (secondary N) is 2. The van der Waals surface area contributed by atoms with Gasteiger partial charge in [-0.3, -0.25) is 9.48 Å². The molecule has 0 bridgehead atoms. The Morgan fingerprint density at radius 3 is 2.44 bits per heavy atom. The van der Waals surface area contributed by atoms with Gasteiger partial charge in [-0.1, -0.05) is 0 Å². The summed E-state index contributed by atoms with van der Waals surface area (Å²) in [6.45, 7) is 7.00. The van der Waals surface area contributed by atoms with Gasteiger partial charge in [0.1, 0.15) is 17.4 Å². The molecule has 0 radical (unpaired) electrons. The highest BCUT2D eigenvalue weighted by molar-refractivity contribution is 7.90. The van der Waals surface area contributed by atoms with Crippen LogP contribution in [0.1, 0.15) is 26.5 Å². The minimum Gasteiger partial charge on any atom is -0.491 e. The number of aryl methyl sites for hydroxylation is 2. The van der Waals surface area contributed by atoms with Crippen LogP contribution < -0.4 is 15.4 Å². The number of carbonyl (C=O) groups is 1. The summed E-state index contributed by atoms with van der Waals surface area (Å²) in [5.74, 6) is 0.686. The molecule has 3 aromatic rings. The van der Waals surface area contributed by atoms with Crippen molar-refractivity contribution >= 4 is 33.1 Å². The Hall–Kier alpha value is -3.47. The molecular formula is C21H26N6O4S. The van der Waals surface area contributed by atoms with Gasteiger partial charge >= 0.3 is 0 Å². The number of anilines is 3. The van der Waals surface area contributed by atoms with Crippen molar-refractivity contribution in [2.45, 2.75) is 38.8 Å². The first-order chi connectivity index (χ1) is 14.9. The van der Waals surface area contributed by atoms with Crippen LogP contribution >= 0.6 is 0 Å². The number of pyridine rings is 2. The number of amides is 1. The van der Waals surface area contributed by atoms with Gasteiger partial charge in [-0.15, -0.1) is 0 Å². The number of ether oxygens (including phenoxy) is 1. The maximum Gasteiger partial charge on any atom is 0.222 e. The lowest BCUT2D eigenvalue weighted by Crippen LogP contribution is -2.10. The second-order valence-corrected chi connectivity index (χ2v) is 9.64. The molecule has 1 amide bonds. The van der Waals surface area contributed by atoms with E-state index in [-0.39, 0.29) is 22.9 Å². The van der Waals surface area contributed by atoms with Crippen molar-refractivity contribution in [3.8, 4) is 17.0 Å². The molecule has 3 heterocycles. The molecule has 0 atom stereocenters. The van der Waals surface area contributed by atoms with Gasteiger partial charge in [-0.05, 0) is 26.8 Å². The molecule has 0 aliphatic heterocycles. The largest absolute Gasteiger partial charge is 0.491 e. The Morgan fingerprint density at radius 1 is 1.16 bits per heavy atom. The van der Waals surface area contributed by atoms with Gasteiger partial charge in [0.2, 0.25) is 5.91 Å². The van der Waals surface area contributed by atoms with Gasteiger partial charge in [-0.25, -0.2) is 18.4 Å². The highest BCUT2D eigenvalue weighted by Crippen LogP contribution is 2.32. The zero-order chi connectivity index (χ0) is 23.6. The third-order valence-electron chi connectivity index (χ3n) is 4.39. The van der Waals surface area contributed by atoms with Crippen LogP contribution in [0.2, 0.25) is 0 Å². The second-order valence-electron chi connectivity index (χ2n) is 7.68. The summed E-state index contributed by atoms with van der Waals surface area (Å²) in [4.78, 5) is 20.0. The fourth-order valence-corrected chi connectivity index (χ4v) is 3.51. The lowest BCUT2D eigenvalue weighted by atomic mass is 10.1. The van der Waals surface area contributed by atoms with E-state index in [1.807, 2.05) is 33.9 Å². The van der Waals surface area contributed by atoms with Crippen molar-refractivity contribution in [3.63, 3.8) is 0 Å². The van der Waals surface area contributed by atoms with Crippen LogP contribution in [0, 0.1) is 6.92 Å². The Labute approximate surface area is 187 Å². The SMILES string of the molecule is CC(=O)Nc1cc(Nc2cc(OC(C)C)cc(S(C)(=O)=O)n2)c(-c2cc(C)n(C)n2)cn1. The van der Waals surface area contributed by atoms with E-state index in [4.69, 9.17) is 4.74 Å². The van der Waals surface area contributed by atoms with Crippen LogP contribution in [0.15, 0.2) is 35.5 Å². The molecular weight excluding hydrogens is 432 g/mol. The third kappa shape index (κ3) is 5.61. The van der Waals surface area contributed by atoms with Gasteiger partial charge in [-0.2, -0.15) is 5.10 Å². The number of carbonyl (C=O) groups excluding carboxylic acids is 1. The highest BCUT2D eigenvalue weighted by atomic mass is 32.2. The molecule has 2 N–H and O–H groups in total. The van der Waals surface area contributed by atoms with Gasteiger partial charge < -0.3 is 15.4 Å². The average Bonchev–Trinajstić information content (AvgIpc) is 2.98. The van der Waals surface area contributed by atoms with Crippen molar-refractivity contribution in [2.75, 3.05) is 16.9 Å². The normalized spacial score (nSPS) is 11.5. The molecule has 0 saturated heterocycles. The zero-order valence-electron chi connectivity index (χ0n) is 18.8. The van der Waals surface area contributed by atoms with E-state index in [2.05, 4.69) is 25.7 Å². The van der Waals surface area contributed by atoms with E-state index in [0.29, 0.717) is 28.5 Å². The number of rotatable bonds is 7. The summed E-state index contributed by atoms with van der Waals surface area (Å²) in [7, 11) is -1.75. The number of nitrogens with zero attached hydrogens (tertiary/aromatic N) is 4. The molecule has 11 heteroatoms. The summed E-state index contributed by atoms with van der Waals surface area (Å²) in [6, 6.07) is 6.53. The quantitative estimate of drug-likeness (QED) is 0.553. The predicted molar refractivity (Wildman–Crippen MR) is 122 cm³/mol. The maximum absolute atomic E-state index is 12.2. The first-order valence-corrected chi connectivity index (χ1v) is 11.8. The lowest BCUT2D eigenvalue weighted by Gasteiger charge is -2.15. The molecule has 3 aromatic heterocycles. The molecule has 0 saturated carbocycles. The molecule has 0 unspecified atom stereocenters. The molecule has 10 nitrogen and oxygen atoms in total. The predicted octanol–water partition coefficient (Wildman–Crippen LogP) is 3.08. The van der Waals surface area contributed by atoms with Crippen LogP contribution in [0.25, 0.3) is 11.3 Å². The minimum absolute atomic E-state index is 0.121. The summed E-state index contributed by atoms with van der Waals surface area (Å²) < 4.78 is 31.8. The molecule has 0 aliphatic rings. The van der Waals surface area contributed by atoms with Crippen LogP contribution in [-0.4, -0.2) is 46.4 Å². The summed E-state index contributed by atoms with van der Waals surface area (Å²) in [6.07, 6.45) is 2.51. The Morgan fingerprint density at radius 2 is 1.88 bits per heavy atom. The molecule has 0 fully saturated rings. The standard InChI is InChI=1S/C21H26N6O4S/c1-12(2)31-15-8-20(25-21(9-15)32(6,29)30)24-17-10-19(23-14(4)28)22-11-16(17)18-7-13(3)27(5)26-18/h7-12H,1-6H3,(H2,22,23,24,25,28). The monoisotopic (exact) mass is 458 g/mol. The summed E-state index contributed by atoms with van der Waals surface area (Å²) in [5.41, 5.74) is 2.80. The van der Waals surface area contributed by atoms with E-state index < -0.39 is 9.84 Å². The first kappa shape index (κ1) is 23.2. The van der Waals surface area contributed by atoms with Gasteiger partial charge in [0.15, 0.2) is 14.9 Å². The smallest absolute Gasteiger partial charge is 0.222 e. The molecule has 0 aliphatic carbocycles. The van der Waals surface area contributed by atoms with Crippen molar-refractivity contribution in [2.24, 2.45) is 7.05 Å². The van der Waals surface area contributed by atoms with Crippen molar-refractivity contribution in [3.05, 3.63) is 36.2 Å². The van der Waals surface area contributed by atoms with Gasteiger partial charge in [0.25, 0.3) is 0 Å². The maximum atomic E-state index is 12.2. The molecule has 170 valence electrons. The number of hydrogen-bond acceptors (Lipinski definition) is 8. The minimum atomic E-state index is -3.58. The molecule has 3 rings (SSSR count). The van der Waals surface area contributed by atoms with E-state index in [1.165, 1.54) is 13.0 Å². The zero-order valence-corrected chi connectivity index (χ0v) is 19.6. The van der Waals surface area contributed by atoms with Crippen LogP contribution in [0.5, 0.6) is 5.75 Å². The van der Waals surface area contributed by atoms with Crippen LogP contribution in [0.4, 0.5) is 17.3 Å². The molecule has 0 spiro atoms. The Balaban J connectivity index is 2.12. The fourth-order valence-electron chi connectivity index (χ4n) is 2.92. The summed E-state index contributed by atoms with van der Waals surface area (Å²) >= 11 is 0.